The maximum Gasteiger partial charge on any atom is 0.433 e. The first-order valence-corrected chi connectivity index (χ1v) is 8.11. The molecule has 0 radical (unpaired) electrons. The van der Waals surface area contributed by atoms with Crippen molar-refractivity contribution in [1.82, 2.24) is 4.98 Å². The quantitative estimate of drug-likeness (QED) is 0.443. The minimum absolute atomic E-state index is 0.129. The third kappa shape index (κ3) is 2.68. The molecular formula is C13H9N3O4S2. The number of anilines is 1. The number of nitro groups is 1. The fourth-order valence-corrected chi connectivity index (χ4v) is 3.36. The van der Waals surface area contributed by atoms with Crippen LogP contribution in [0.3, 0.4) is 0 Å². The van der Waals surface area contributed by atoms with Gasteiger partial charge in [0.1, 0.15) is 4.92 Å². The molecule has 0 bridgehead atoms. The van der Waals surface area contributed by atoms with Gasteiger partial charge >= 0.3 is 5.88 Å². The molecule has 0 aliphatic rings. The van der Waals surface area contributed by atoms with Gasteiger partial charge in [0.05, 0.1) is 16.3 Å². The second-order valence-corrected chi connectivity index (χ2v) is 6.05. The zero-order valence-corrected chi connectivity index (χ0v) is 12.9. The van der Waals surface area contributed by atoms with Gasteiger partial charge in [-0.3, -0.25) is 20.2 Å². The summed E-state index contributed by atoms with van der Waals surface area (Å²) in [6.07, 6.45) is 1.95. The normalized spacial score (nSPS) is 10.8. The summed E-state index contributed by atoms with van der Waals surface area (Å²) in [5.41, 5.74) is 0.820. The molecular weight excluding hydrogens is 326 g/mol. The van der Waals surface area contributed by atoms with E-state index in [0.717, 1.165) is 21.2 Å². The predicted octanol–water partition coefficient (Wildman–Crippen LogP) is 3.77. The molecule has 1 aromatic carbocycles. The number of hydrogen-bond acceptors (Lipinski definition) is 7. The smallest absolute Gasteiger partial charge is 0.395 e. The van der Waals surface area contributed by atoms with Crippen LogP contribution in [0.15, 0.2) is 39.6 Å². The Morgan fingerprint density at radius 2 is 2.23 bits per heavy atom. The van der Waals surface area contributed by atoms with Gasteiger partial charge in [-0.05, 0) is 24.5 Å². The number of benzene rings is 1. The number of thiazole rings is 1. The maximum atomic E-state index is 12.0. The Morgan fingerprint density at radius 3 is 2.91 bits per heavy atom. The van der Waals surface area contributed by atoms with Gasteiger partial charge in [0.25, 0.3) is 5.91 Å². The van der Waals surface area contributed by atoms with E-state index in [1.54, 1.807) is 11.8 Å². The van der Waals surface area contributed by atoms with Crippen molar-refractivity contribution in [3.8, 4) is 0 Å². The summed E-state index contributed by atoms with van der Waals surface area (Å²) in [6, 6.07) is 8.19. The van der Waals surface area contributed by atoms with E-state index in [1.807, 2.05) is 24.5 Å². The number of aromatic nitrogens is 1. The third-order valence-electron chi connectivity index (χ3n) is 2.82. The standard InChI is InChI=1S/C13H9N3O4S2/c1-21-8-3-2-4-9-11(8)14-13(22-9)15-12(17)7-5-6-10(20-7)16(18)19/h2-6H,1H3,(H,14,15,17). The summed E-state index contributed by atoms with van der Waals surface area (Å²) in [7, 11) is 0. The minimum Gasteiger partial charge on any atom is -0.395 e. The molecule has 0 aliphatic heterocycles. The number of amides is 1. The van der Waals surface area contributed by atoms with Crippen LogP contribution in [0.5, 0.6) is 0 Å². The highest BCUT2D eigenvalue weighted by Gasteiger charge is 2.18. The third-order valence-corrected chi connectivity index (χ3v) is 4.52. The van der Waals surface area contributed by atoms with Gasteiger partial charge in [0, 0.05) is 4.90 Å². The fraction of sp³-hybridized carbons (Fsp3) is 0.0769. The van der Waals surface area contributed by atoms with Crippen LogP contribution in [0, 0.1) is 10.1 Å². The average molecular weight is 335 g/mol. The van der Waals surface area contributed by atoms with E-state index in [1.165, 1.54) is 17.4 Å². The molecule has 9 heteroatoms. The summed E-state index contributed by atoms with van der Waals surface area (Å²) in [5.74, 6) is -1.17. The molecule has 1 amide bonds. The second kappa shape index (κ2) is 5.78. The van der Waals surface area contributed by atoms with Gasteiger partial charge < -0.3 is 4.42 Å². The monoisotopic (exact) mass is 335 g/mol. The molecule has 1 N–H and O–H groups in total. The van der Waals surface area contributed by atoms with Gasteiger partial charge in [0.15, 0.2) is 10.9 Å². The first-order chi connectivity index (χ1) is 10.6. The molecule has 112 valence electrons. The van der Waals surface area contributed by atoms with E-state index in [-0.39, 0.29) is 5.76 Å². The SMILES string of the molecule is CSc1cccc2sc(NC(=O)c3ccc([N+](=O)[O-])o3)nc12. The summed E-state index contributed by atoms with van der Waals surface area (Å²) >= 11 is 2.90. The first-order valence-electron chi connectivity index (χ1n) is 6.07. The van der Waals surface area contributed by atoms with Crippen molar-refractivity contribution in [3.63, 3.8) is 0 Å². The Kier molecular flexibility index (Phi) is 3.82. The highest BCUT2D eigenvalue weighted by atomic mass is 32.2. The molecule has 0 fully saturated rings. The van der Waals surface area contributed by atoms with Crippen LogP contribution >= 0.6 is 23.1 Å². The topological polar surface area (TPSA) is 98.3 Å². The summed E-state index contributed by atoms with van der Waals surface area (Å²) in [6.45, 7) is 0. The van der Waals surface area contributed by atoms with Crippen LogP contribution < -0.4 is 5.32 Å². The Morgan fingerprint density at radius 1 is 1.41 bits per heavy atom. The fourth-order valence-electron chi connectivity index (χ4n) is 1.85. The van der Waals surface area contributed by atoms with E-state index in [9.17, 15) is 14.9 Å². The van der Waals surface area contributed by atoms with Crippen molar-refractivity contribution in [3.05, 3.63) is 46.2 Å². The number of carbonyl (C=O) groups excluding carboxylic acids is 1. The molecule has 0 aliphatic carbocycles. The van der Waals surface area contributed by atoms with Crippen LogP contribution in [-0.4, -0.2) is 22.1 Å². The highest BCUT2D eigenvalue weighted by molar-refractivity contribution is 7.98. The molecule has 0 saturated carbocycles. The molecule has 22 heavy (non-hydrogen) atoms. The van der Waals surface area contributed by atoms with Crippen molar-refractivity contribution in [2.45, 2.75) is 4.90 Å². The number of nitrogens with zero attached hydrogens (tertiary/aromatic N) is 2. The minimum atomic E-state index is -0.695. The molecule has 7 nitrogen and oxygen atoms in total. The van der Waals surface area contributed by atoms with E-state index in [2.05, 4.69) is 10.3 Å². The van der Waals surface area contributed by atoms with Crippen LogP contribution in [0.1, 0.15) is 10.6 Å². The molecule has 2 aromatic heterocycles. The summed E-state index contributed by atoms with van der Waals surface area (Å²) < 4.78 is 5.81. The summed E-state index contributed by atoms with van der Waals surface area (Å²) in [5, 5.41) is 13.6. The van der Waals surface area contributed by atoms with Crippen LogP contribution in [-0.2, 0) is 0 Å². The van der Waals surface area contributed by atoms with Crippen molar-refractivity contribution in [1.29, 1.82) is 0 Å². The maximum absolute atomic E-state index is 12.0. The van der Waals surface area contributed by atoms with Crippen molar-refractivity contribution in [2.24, 2.45) is 0 Å². The lowest BCUT2D eigenvalue weighted by molar-refractivity contribution is -0.402. The number of hydrogen-bond donors (Lipinski definition) is 1. The zero-order valence-electron chi connectivity index (χ0n) is 11.2. The van der Waals surface area contributed by atoms with E-state index < -0.39 is 16.7 Å². The second-order valence-electron chi connectivity index (χ2n) is 4.18. The Bertz CT molecular complexity index is 871. The molecule has 2 heterocycles. The molecule has 0 saturated heterocycles. The van der Waals surface area contributed by atoms with Crippen LogP contribution in [0.4, 0.5) is 11.0 Å². The Balaban J connectivity index is 1.86. The Labute approximate surface area is 132 Å². The predicted molar refractivity (Wildman–Crippen MR) is 84.7 cm³/mol. The zero-order chi connectivity index (χ0) is 15.7. The molecule has 0 atom stereocenters. The lowest BCUT2D eigenvalue weighted by Crippen LogP contribution is -2.10. The van der Waals surface area contributed by atoms with E-state index in [0.29, 0.717) is 5.13 Å². The lowest BCUT2D eigenvalue weighted by Gasteiger charge is -1.97. The summed E-state index contributed by atoms with van der Waals surface area (Å²) in [4.78, 5) is 27.3. The number of fused-ring (bicyclic) bond motifs is 1. The van der Waals surface area contributed by atoms with Crippen LogP contribution in [0.25, 0.3) is 10.2 Å². The number of furan rings is 1. The lowest BCUT2D eigenvalue weighted by atomic mass is 10.3. The average Bonchev–Trinajstić information content (AvgIpc) is 3.13. The number of thioether (sulfide) groups is 1. The molecule has 0 unspecified atom stereocenters. The first kappa shape index (κ1) is 14.5. The van der Waals surface area contributed by atoms with E-state index in [4.69, 9.17) is 4.42 Å². The van der Waals surface area contributed by atoms with Gasteiger partial charge in [-0.1, -0.05) is 17.4 Å². The molecule has 0 spiro atoms. The highest BCUT2D eigenvalue weighted by Crippen LogP contribution is 2.32. The Hall–Kier alpha value is -2.39. The van der Waals surface area contributed by atoms with Gasteiger partial charge in [-0.15, -0.1) is 11.8 Å². The van der Waals surface area contributed by atoms with Crippen LogP contribution in [0.2, 0.25) is 0 Å². The molecule has 3 rings (SSSR count). The number of rotatable bonds is 4. The van der Waals surface area contributed by atoms with Gasteiger partial charge in [0.2, 0.25) is 0 Å². The largest absolute Gasteiger partial charge is 0.433 e. The van der Waals surface area contributed by atoms with Crippen molar-refractivity contribution < 1.29 is 14.1 Å². The number of carbonyl (C=O) groups is 1. The van der Waals surface area contributed by atoms with Crippen molar-refractivity contribution in [2.75, 3.05) is 11.6 Å². The van der Waals surface area contributed by atoms with Crippen molar-refractivity contribution >= 4 is 50.2 Å². The molecule has 3 aromatic rings. The number of para-hydroxylation sites is 1. The van der Waals surface area contributed by atoms with Gasteiger partial charge in [-0.25, -0.2) is 4.98 Å². The van der Waals surface area contributed by atoms with E-state index >= 15 is 0 Å². The number of nitrogens with one attached hydrogen (secondary N) is 1. The van der Waals surface area contributed by atoms with Gasteiger partial charge in [-0.2, -0.15) is 0 Å².